The van der Waals surface area contributed by atoms with E-state index < -0.39 is 102 Å². The first-order valence-electron chi connectivity index (χ1n) is 15.5. The van der Waals surface area contributed by atoms with Crippen molar-refractivity contribution < 1.29 is 190 Å². The number of hydrogen-bond acceptors (Lipinski definition) is 24. The largest absolute Gasteiger partial charge is 1.00 e. The molecule has 2 aromatic heterocycles. The van der Waals surface area contributed by atoms with Gasteiger partial charge in [0.1, 0.15) is 36.3 Å². The number of aliphatic hydroxyl groups excluding tert-OH is 2. The molecule has 0 spiro atoms. The van der Waals surface area contributed by atoms with Gasteiger partial charge in [-0.3, -0.25) is 28.1 Å². The van der Waals surface area contributed by atoms with Gasteiger partial charge in [0.25, 0.3) is 15.6 Å². The van der Waals surface area contributed by atoms with Gasteiger partial charge >= 0.3 is 94.3 Å². The number of phosphoric acid groups is 3. The fraction of sp³-hybridized carbons (Fsp3) is 0.640. The zero-order chi connectivity index (χ0) is 41.5. The van der Waals surface area contributed by atoms with E-state index in [0.717, 1.165) is 38.0 Å². The number of aliphatic hydroxyl groups is 2. The third-order valence-corrected chi connectivity index (χ3v) is 11.5. The number of carboxylic acid groups (broad SMARTS) is 1. The number of carbonyl (C=O) groups excluding carboxylic acids is 4. The van der Waals surface area contributed by atoms with Crippen LogP contribution in [0.3, 0.4) is 0 Å². The molecule has 318 valence electrons. The molecule has 0 radical (unpaired) electrons. The number of nitrogens with one attached hydrogen (secondary N) is 2. The average molecular weight is 915 g/mol. The Morgan fingerprint density at radius 2 is 1.59 bits per heavy atom. The molecule has 2 amide bonds. The molecule has 36 heteroatoms. The standard InChI is InChI=1S/C25H40N7O19P3S.5Li.H2O/c1-12(23(37)38)24(39)55-7-6-27-14(33)4-5-28-21(36)18(35)25(2,3)9-48-54(45,46)51-53(43,44)47-8-13-17(50-52(40,41)42)16(34)22(49-13)32-11-31-15-19(26)29-10-30-20(15)32;;;;;;/h10-13,16-18,22,34-35H,4-9H2,1-3H3,(H,27,33)(H,28,36)(H,37,38)(H,43,44)(H,45,46)(H2,26,29,30)(H2,40,41,42);;;;;;1H2/q;5*+1;/p-5/t12?,13-,16-,17-,18+,22-;;;;;;/m1....../s1. The number of aromatic nitrogens is 4. The normalized spacial score (nSPS) is 20.1. The van der Waals surface area contributed by atoms with Crippen molar-refractivity contribution >= 4 is 75.1 Å². The summed E-state index contributed by atoms with van der Waals surface area (Å²) in [5.74, 6) is -4.55. The van der Waals surface area contributed by atoms with Crippen molar-refractivity contribution in [2.75, 3.05) is 37.8 Å². The number of carbonyl (C=O) groups is 4. The fourth-order valence-corrected chi connectivity index (χ4v) is 7.97. The monoisotopic (exact) mass is 915 g/mol. The van der Waals surface area contributed by atoms with E-state index in [-0.39, 0.29) is 142 Å². The van der Waals surface area contributed by atoms with E-state index in [4.69, 9.17) is 10.5 Å². The van der Waals surface area contributed by atoms with Gasteiger partial charge < -0.3 is 84.4 Å². The van der Waals surface area contributed by atoms with E-state index in [1.807, 2.05) is 0 Å². The number of nitrogens with zero attached hydrogens (tertiary/aromatic N) is 4. The first kappa shape index (κ1) is 67.6. The molecule has 2 aromatic rings. The molecule has 61 heavy (non-hydrogen) atoms. The summed E-state index contributed by atoms with van der Waals surface area (Å²) in [5, 5.41) is 35.9. The number of phosphoric ester groups is 3. The van der Waals surface area contributed by atoms with Crippen LogP contribution in [0.25, 0.3) is 11.2 Å². The Hall–Kier alpha value is -0.0230. The number of aliphatic carboxylic acids is 1. The Morgan fingerprint density at radius 1 is 1.00 bits per heavy atom. The molecule has 1 aliphatic rings. The van der Waals surface area contributed by atoms with Crippen molar-refractivity contribution in [1.29, 1.82) is 0 Å². The smallest absolute Gasteiger partial charge is 0.790 e. The average Bonchev–Trinajstić information content (AvgIpc) is 3.64. The van der Waals surface area contributed by atoms with Gasteiger partial charge in [-0.1, -0.05) is 25.6 Å². The van der Waals surface area contributed by atoms with Gasteiger partial charge in [0.15, 0.2) is 22.8 Å². The number of fused-ring (bicyclic) bond motifs is 1. The van der Waals surface area contributed by atoms with Gasteiger partial charge in [0.05, 0.1) is 39.3 Å². The van der Waals surface area contributed by atoms with Crippen LogP contribution in [0.4, 0.5) is 5.82 Å². The second kappa shape index (κ2) is 28.9. The molecule has 1 fully saturated rings. The van der Waals surface area contributed by atoms with Crippen LogP contribution in [0.15, 0.2) is 12.7 Å². The maximum Gasteiger partial charge on any atom is 1.00 e. The molecule has 3 rings (SSSR count). The number of nitrogen functional groups attached to an aromatic ring is 1. The van der Waals surface area contributed by atoms with E-state index in [1.165, 1.54) is 0 Å². The Bertz CT molecular complexity index is 1890. The van der Waals surface area contributed by atoms with Gasteiger partial charge in [0.2, 0.25) is 11.8 Å². The molecule has 0 aliphatic carbocycles. The molecular formula is C25H37Li5N7O20P3S. The fourth-order valence-electron chi connectivity index (χ4n) is 4.48. The second-order valence-electron chi connectivity index (χ2n) is 12.2. The number of nitrogens with two attached hydrogens (primary N) is 1. The quantitative estimate of drug-likeness (QED) is 0.0336. The topological polar surface area (TPSA) is 447 Å². The molecule has 8 N–H and O–H groups in total. The minimum Gasteiger partial charge on any atom is -0.790 e. The van der Waals surface area contributed by atoms with Crippen molar-refractivity contribution in [3.8, 4) is 0 Å². The molecule has 0 aromatic carbocycles. The van der Waals surface area contributed by atoms with Gasteiger partial charge in [-0.15, -0.1) is 0 Å². The third-order valence-electron chi connectivity index (χ3n) is 7.43. The number of thioether (sulfide) groups is 1. The number of anilines is 1. The molecule has 1 saturated heterocycles. The molecule has 3 heterocycles. The van der Waals surface area contributed by atoms with Crippen LogP contribution in [0.1, 0.15) is 33.4 Å². The van der Waals surface area contributed by atoms with Crippen LogP contribution in [0.2, 0.25) is 0 Å². The van der Waals surface area contributed by atoms with Gasteiger partial charge in [-0.05, 0) is 6.92 Å². The predicted molar refractivity (Wildman–Crippen MR) is 176 cm³/mol. The van der Waals surface area contributed by atoms with Gasteiger partial charge in [-0.25, -0.2) is 19.3 Å². The summed E-state index contributed by atoms with van der Waals surface area (Å²) >= 11 is 0.674. The van der Waals surface area contributed by atoms with Crippen molar-refractivity contribution in [3.05, 3.63) is 12.7 Å². The summed E-state index contributed by atoms with van der Waals surface area (Å²) in [7, 11) is -17.7. The first-order chi connectivity index (χ1) is 25.3. The molecular weight excluding hydrogens is 878 g/mol. The zero-order valence-electron chi connectivity index (χ0n) is 34.3. The van der Waals surface area contributed by atoms with Crippen molar-refractivity contribution in [3.63, 3.8) is 0 Å². The zero-order valence-corrected chi connectivity index (χ0v) is 37.8. The van der Waals surface area contributed by atoms with Gasteiger partial charge in [-0.2, -0.15) is 0 Å². The van der Waals surface area contributed by atoms with E-state index >= 15 is 0 Å². The summed E-state index contributed by atoms with van der Waals surface area (Å²) in [6.45, 7) is 0.836. The molecule has 8 atom stereocenters. The Kier molecular flexibility index (Phi) is 32.0. The van der Waals surface area contributed by atoms with E-state index in [1.54, 1.807) is 0 Å². The van der Waals surface area contributed by atoms with E-state index in [0.29, 0.717) is 11.8 Å². The summed E-state index contributed by atoms with van der Waals surface area (Å²) in [4.78, 5) is 106. The predicted octanol–water partition coefficient (Wildman–Crippen LogP) is -21.3. The molecule has 0 bridgehead atoms. The summed E-state index contributed by atoms with van der Waals surface area (Å²) < 4.78 is 60.2. The minimum atomic E-state index is -5.94. The van der Waals surface area contributed by atoms with Crippen molar-refractivity contribution in [2.45, 2.75) is 57.8 Å². The number of hydrogen-bond donors (Lipinski definition) is 5. The van der Waals surface area contributed by atoms with Crippen LogP contribution in [0, 0.1) is 11.3 Å². The molecule has 3 unspecified atom stereocenters. The minimum absolute atomic E-state index is 0. The summed E-state index contributed by atoms with van der Waals surface area (Å²) in [6.07, 6.45) is -7.82. The van der Waals surface area contributed by atoms with Crippen molar-refractivity contribution in [1.82, 2.24) is 30.2 Å². The Labute approximate surface area is 411 Å². The molecule has 27 nitrogen and oxygen atoms in total. The van der Waals surface area contributed by atoms with Crippen LogP contribution in [-0.4, -0.2) is 115 Å². The van der Waals surface area contributed by atoms with Crippen molar-refractivity contribution in [2.24, 2.45) is 11.3 Å². The molecule has 0 saturated carbocycles. The maximum atomic E-state index is 12.5. The van der Waals surface area contributed by atoms with E-state index in [2.05, 4.69) is 43.5 Å². The van der Waals surface area contributed by atoms with Crippen LogP contribution in [-0.2, 0) is 55.5 Å². The van der Waals surface area contributed by atoms with Crippen LogP contribution in [0.5, 0.6) is 0 Å². The van der Waals surface area contributed by atoms with Gasteiger partial charge in [0, 0.05) is 30.7 Å². The first-order valence-corrected chi connectivity index (χ1v) is 20.9. The SMILES string of the molecule is CC(C(=O)[O-])C(=O)SCCNC(=O)CCNC(=O)[C@H](O)C(C)(C)COP(=O)([O-])OP(=O)([O-])OC[C@H]1O[C@@H](n2cnc3c(N)ncnc32)[C@H](O)[C@@H]1OP(=O)([O-])[O-].O.[Li+].[Li+].[Li+].[Li+].[Li+]. The van der Waals surface area contributed by atoms with Crippen LogP contribution < -0.4 is 135 Å². The van der Waals surface area contributed by atoms with E-state index in [9.17, 15) is 67.8 Å². The number of rotatable bonds is 21. The number of imidazole rings is 1. The number of carboxylic acids is 1. The number of amides is 2. The Morgan fingerprint density at radius 3 is 2.16 bits per heavy atom. The summed E-state index contributed by atoms with van der Waals surface area (Å²) in [6, 6.07) is 0. The Balaban J connectivity index is -0.00000271. The number of ether oxygens (including phenoxy) is 1. The second-order valence-corrected chi connectivity index (χ2v) is 17.4. The van der Waals surface area contributed by atoms with Crippen LogP contribution >= 0.6 is 35.2 Å². The maximum absolute atomic E-state index is 12.5. The third kappa shape index (κ3) is 21.0. The summed E-state index contributed by atoms with van der Waals surface area (Å²) in [5.41, 5.74) is 3.99. The molecule has 1 aliphatic heterocycles.